The first-order valence-corrected chi connectivity index (χ1v) is 11.5. The number of thioether (sulfide) groups is 1. The van der Waals surface area contributed by atoms with E-state index in [0.717, 1.165) is 21.9 Å². The molecular weight excluding hydrogens is 432 g/mol. The van der Waals surface area contributed by atoms with Crippen molar-refractivity contribution in [3.8, 4) is 0 Å². The van der Waals surface area contributed by atoms with Gasteiger partial charge in [-0.2, -0.15) is 0 Å². The van der Waals surface area contributed by atoms with Gasteiger partial charge in [-0.25, -0.2) is 0 Å². The van der Waals surface area contributed by atoms with Crippen LogP contribution in [0.4, 0.5) is 0 Å². The van der Waals surface area contributed by atoms with Gasteiger partial charge < -0.3 is 4.74 Å². The minimum atomic E-state index is -0.755. The van der Waals surface area contributed by atoms with Gasteiger partial charge in [0.15, 0.2) is 0 Å². The van der Waals surface area contributed by atoms with Crippen molar-refractivity contribution in [1.82, 2.24) is 4.90 Å². The van der Waals surface area contributed by atoms with Crippen molar-refractivity contribution in [1.29, 1.82) is 10.8 Å². The Bertz CT molecular complexity index is 978. The molecule has 0 aromatic heterocycles. The summed E-state index contributed by atoms with van der Waals surface area (Å²) in [6.45, 7) is 11.4. The molecule has 1 aromatic rings. The summed E-state index contributed by atoms with van der Waals surface area (Å²) in [7, 11) is 0. The maximum absolute atomic E-state index is 12.6. The van der Waals surface area contributed by atoms with Gasteiger partial charge in [-0.3, -0.25) is 25.5 Å². The van der Waals surface area contributed by atoms with Crippen LogP contribution >= 0.6 is 23.4 Å². The van der Waals surface area contributed by atoms with Crippen molar-refractivity contribution in [2.24, 2.45) is 10.9 Å². The van der Waals surface area contributed by atoms with Gasteiger partial charge in [0.1, 0.15) is 23.3 Å². The van der Waals surface area contributed by atoms with E-state index in [0.29, 0.717) is 5.02 Å². The van der Waals surface area contributed by atoms with Gasteiger partial charge in [0.05, 0.1) is 17.2 Å². The summed E-state index contributed by atoms with van der Waals surface area (Å²) in [5.74, 6) is 0.0983. The van der Waals surface area contributed by atoms with E-state index in [1.165, 1.54) is 0 Å². The van der Waals surface area contributed by atoms with Crippen LogP contribution in [-0.4, -0.2) is 45.1 Å². The molecule has 0 fully saturated rings. The van der Waals surface area contributed by atoms with E-state index in [4.69, 9.17) is 32.1 Å². The highest BCUT2D eigenvalue weighted by Crippen LogP contribution is 2.46. The number of aliphatic imine (C=N–C) groups is 1. The number of nitrogens with zero attached hydrogens (tertiary/aromatic N) is 2. The summed E-state index contributed by atoms with van der Waals surface area (Å²) >= 11 is 7.75. The molecule has 2 heterocycles. The number of carbonyl (C=O) groups excluding carboxylic acids is 1. The number of ether oxygens (including phenoxy) is 1. The Labute approximate surface area is 193 Å². The zero-order chi connectivity index (χ0) is 23.1. The van der Waals surface area contributed by atoms with E-state index in [2.05, 4.69) is 13.8 Å². The van der Waals surface area contributed by atoms with E-state index in [-0.39, 0.29) is 29.3 Å². The second kappa shape index (κ2) is 8.79. The number of amidine groups is 2. The average molecular weight is 461 g/mol. The van der Waals surface area contributed by atoms with Crippen molar-refractivity contribution in [3.05, 3.63) is 45.5 Å². The zero-order valence-corrected chi connectivity index (χ0v) is 20.3. The van der Waals surface area contributed by atoms with Gasteiger partial charge in [-0.1, -0.05) is 37.6 Å². The largest absolute Gasteiger partial charge is 0.460 e. The first kappa shape index (κ1) is 23.5. The SMILES string of the molecule is CC(=N)N1C(=N)[C@H](CC(=O)OC(C)(C)C)N=C(c2ccc(Cl)cc2)C2=C1SC(C)C2C. The lowest BCUT2D eigenvalue weighted by Crippen LogP contribution is -2.40. The van der Waals surface area contributed by atoms with Crippen molar-refractivity contribution >= 4 is 46.7 Å². The third-order valence-electron chi connectivity index (χ3n) is 5.22. The number of halogens is 1. The van der Waals surface area contributed by atoms with Gasteiger partial charge in [0, 0.05) is 21.4 Å². The lowest BCUT2D eigenvalue weighted by atomic mass is 9.91. The summed E-state index contributed by atoms with van der Waals surface area (Å²) in [5.41, 5.74) is 2.01. The molecule has 2 unspecified atom stereocenters. The monoisotopic (exact) mass is 460 g/mol. The Hall–Kier alpha value is -2.12. The molecule has 0 aliphatic carbocycles. The fraction of sp³-hybridized carbons (Fsp3) is 0.478. The molecular formula is C23H29ClN4O2S. The van der Waals surface area contributed by atoms with Crippen molar-refractivity contribution < 1.29 is 9.53 Å². The summed E-state index contributed by atoms with van der Waals surface area (Å²) in [5, 5.41) is 19.0. The van der Waals surface area contributed by atoms with E-state index < -0.39 is 17.6 Å². The normalized spacial score (nSPS) is 24.0. The second-order valence-electron chi connectivity index (χ2n) is 8.93. The van der Waals surface area contributed by atoms with E-state index in [1.807, 2.05) is 45.0 Å². The van der Waals surface area contributed by atoms with Gasteiger partial charge >= 0.3 is 5.97 Å². The smallest absolute Gasteiger partial charge is 0.308 e. The van der Waals surface area contributed by atoms with Crippen LogP contribution < -0.4 is 0 Å². The topological polar surface area (TPSA) is 89.6 Å². The zero-order valence-electron chi connectivity index (χ0n) is 18.7. The molecule has 2 N–H and O–H groups in total. The van der Waals surface area contributed by atoms with Crippen LogP contribution in [0, 0.1) is 16.7 Å². The van der Waals surface area contributed by atoms with Crippen molar-refractivity contribution in [2.75, 3.05) is 0 Å². The maximum Gasteiger partial charge on any atom is 0.308 e. The van der Waals surface area contributed by atoms with Crippen molar-refractivity contribution in [3.63, 3.8) is 0 Å². The van der Waals surface area contributed by atoms with Crippen LogP contribution in [0.3, 0.4) is 0 Å². The second-order valence-corrected chi connectivity index (χ2v) is 10.7. The molecule has 8 heteroatoms. The highest BCUT2D eigenvalue weighted by atomic mass is 35.5. The Kier molecular flexibility index (Phi) is 6.67. The number of allylic oxidation sites excluding steroid dienone is 1. The van der Waals surface area contributed by atoms with Gasteiger partial charge in [-0.05, 0) is 45.7 Å². The first-order valence-electron chi connectivity index (χ1n) is 10.3. The van der Waals surface area contributed by atoms with E-state index in [9.17, 15) is 4.79 Å². The predicted molar refractivity (Wildman–Crippen MR) is 128 cm³/mol. The standard InChI is InChI=1S/C23H29ClN4O2S/c1-12-13(2)31-22-19(12)20(15-7-9-16(24)10-8-15)27-17(21(26)28(22)14(3)25)11-18(29)30-23(4,5)6/h7-10,12-13,17,25-26H,11H2,1-6H3/t12?,13?,17-/m0/s1. The highest BCUT2D eigenvalue weighted by Gasteiger charge is 2.41. The number of rotatable bonds is 3. The number of hydrogen-bond donors (Lipinski definition) is 2. The van der Waals surface area contributed by atoms with Crippen LogP contribution in [0.15, 0.2) is 39.9 Å². The van der Waals surface area contributed by atoms with Gasteiger partial charge in [0.25, 0.3) is 0 Å². The molecule has 0 amide bonds. The van der Waals surface area contributed by atoms with Gasteiger partial charge in [-0.15, -0.1) is 11.8 Å². The Morgan fingerprint density at radius 3 is 2.42 bits per heavy atom. The van der Waals surface area contributed by atoms with Crippen LogP contribution in [0.1, 0.15) is 53.5 Å². The number of nitrogens with one attached hydrogen (secondary N) is 2. The summed E-state index contributed by atoms with van der Waals surface area (Å²) in [6, 6.07) is 6.69. The molecule has 0 spiro atoms. The Morgan fingerprint density at radius 1 is 1.26 bits per heavy atom. The molecule has 0 saturated carbocycles. The summed E-state index contributed by atoms with van der Waals surface area (Å²) in [6.07, 6.45) is -0.0634. The maximum atomic E-state index is 12.6. The Morgan fingerprint density at radius 2 is 1.87 bits per heavy atom. The third-order valence-corrected chi connectivity index (χ3v) is 6.88. The molecule has 166 valence electrons. The molecule has 2 aliphatic rings. The van der Waals surface area contributed by atoms with Crippen LogP contribution in [-0.2, 0) is 9.53 Å². The minimum Gasteiger partial charge on any atom is -0.460 e. The molecule has 0 radical (unpaired) electrons. The van der Waals surface area contributed by atoms with Gasteiger partial charge in [0.2, 0.25) is 0 Å². The molecule has 0 bridgehead atoms. The van der Waals surface area contributed by atoms with E-state index in [1.54, 1.807) is 23.6 Å². The number of benzene rings is 1. The summed E-state index contributed by atoms with van der Waals surface area (Å²) in [4.78, 5) is 19.2. The number of esters is 1. The van der Waals surface area contributed by atoms with Crippen molar-refractivity contribution in [2.45, 2.75) is 64.9 Å². The average Bonchev–Trinajstić information content (AvgIpc) is 2.85. The molecule has 3 rings (SSSR count). The highest BCUT2D eigenvalue weighted by molar-refractivity contribution is 8.04. The molecule has 3 atom stereocenters. The molecule has 6 nitrogen and oxygen atoms in total. The number of carbonyl (C=O) groups is 1. The number of hydrogen-bond acceptors (Lipinski definition) is 6. The first-order chi connectivity index (χ1) is 14.4. The molecule has 0 saturated heterocycles. The molecule has 31 heavy (non-hydrogen) atoms. The fourth-order valence-electron chi connectivity index (χ4n) is 3.66. The third kappa shape index (κ3) is 5.04. The van der Waals surface area contributed by atoms with Crippen LogP contribution in [0.2, 0.25) is 5.02 Å². The van der Waals surface area contributed by atoms with Crippen LogP contribution in [0.5, 0.6) is 0 Å². The quantitative estimate of drug-likeness (QED) is 0.354. The lowest BCUT2D eigenvalue weighted by Gasteiger charge is -2.27. The minimum absolute atomic E-state index is 0.0634. The fourth-order valence-corrected chi connectivity index (χ4v) is 5.23. The molecule has 2 aliphatic heterocycles. The van der Waals surface area contributed by atoms with E-state index >= 15 is 0 Å². The van der Waals surface area contributed by atoms with Crippen LogP contribution in [0.25, 0.3) is 0 Å². The lowest BCUT2D eigenvalue weighted by molar-refractivity contribution is -0.154. The Balaban J connectivity index is 2.14. The summed E-state index contributed by atoms with van der Waals surface area (Å²) < 4.78 is 5.50. The molecule has 1 aromatic carbocycles. The predicted octanol–water partition coefficient (Wildman–Crippen LogP) is 5.50.